The van der Waals surface area contributed by atoms with Crippen LogP contribution in [0.15, 0.2) is 30.3 Å². The lowest BCUT2D eigenvalue weighted by Gasteiger charge is -2.45. The highest BCUT2D eigenvalue weighted by atomic mass is 19.4. The number of alkyl halides is 3. The quantitative estimate of drug-likeness (QED) is 0.894. The maximum absolute atomic E-state index is 12.2. The number of carboxylic acids is 1. The van der Waals surface area contributed by atoms with Crippen molar-refractivity contribution in [2.24, 2.45) is 0 Å². The monoisotopic (exact) mass is 287 g/mol. The van der Waals surface area contributed by atoms with E-state index in [-0.39, 0.29) is 18.8 Å². The van der Waals surface area contributed by atoms with Crippen molar-refractivity contribution in [1.82, 2.24) is 5.32 Å². The van der Waals surface area contributed by atoms with Crippen molar-refractivity contribution in [2.75, 3.05) is 0 Å². The molecule has 1 saturated carbocycles. The van der Waals surface area contributed by atoms with Crippen LogP contribution < -0.4 is 5.32 Å². The number of aliphatic carboxylic acids is 1. The number of benzene rings is 1. The summed E-state index contributed by atoms with van der Waals surface area (Å²) in [6.45, 7) is 0. The molecule has 1 aromatic carbocycles. The SMILES string of the molecule is O=C(NC1(C(=O)O)CC(c2ccccc2)C1)C(F)(F)F. The lowest BCUT2D eigenvalue weighted by Crippen LogP contribution is -2.63. The van der Waals surface area contributed by atoms with Crippen LogP contribution in [0.2, 0.25) is 0 Å². The minimum Gasteiger partial charge on any atom is -0.480 e. The van der Waals surface area contributed by atoms with Crippen molar-refractivity contribution in [3.05, 3.63) is 35.9 Å². The normalized spacial score (nSPS) is 25.6. The van der Waals surface area contributed by atoms with Gasteiger partial charge in [0.05, 0.1) is 0 Å². The average Bonchev–Trinajstić information content (AvgIpc) is 2.32. The summed E-state index contributed by atoms with van der Waals surface area (Å²) in [6.07, 6.45) is -5.18. The van der Waals surface area contributed by atoms with Crippen molar-refractivity contribution < 1.29 is 27.9 Å². The topological polar surface area (TPSA) is 66.4 Å². The van der Waals surface area contributed by atoms with Crippen LogP contribution in [-0.4, -0.2) is 28.7 Å². The summed E-state index contributed by atoms with van der Waals surface area (Å²) in [6, 6.07) is 8.89. The predicted octanol–water partition coefficient (Wildman–Crippen LogP) is 2.07. The third kappa shape index (κ3) is 2.61. The zero-order chi connectivity index (χ0) is 15.0. The van der Waals surface area contributed by atoms with E-state index in [1.165, 1.54) is 0 Å². The summed E-state index contributed by atoms with van der Waals surface area (Å²) in [4.78, 5) is 22.1. The maximum atomic E-state index is 12.2. The molecule has 0 aromatic heterocycles. The second-order valence-corrected chi connectivity index (χ2v) is 4.85. The van der Waals surface area contributed by atoms with E-state index in [4.69, 9.17) is 5.11 Å². The van der Waals surface area contributed by atoms with Crippen LogP contribution in [0, 0.1) is 0 Å². The number of carbonyl (C=O) groups excluding carboxylic acids is 1. The first-order chi connectivity index (χ1) is 9.24. The van der Waals surface area contributed by atoms with Crippen LogP contribution in [0.5, 0.6) is 0 Å². The van der Waals surface area contributed by atoms with Crippen molar-refractivity contribution >= 4 is 11.9 Å². The van der Waals surface area contributed by atoms with Crippen molar-refractivity contribution in [3.63, 3.8) is 0 Å². The molecule has 4 nitrogen and oxygen atoms in total. The molecule has 0 spiro atoms. The van der Waals surface area contributed by atoms with Gasteiger partial charge in [0, 0.05) is 0 Å². The Balaban J connectivity index is 2.09. The maximum Gasteiger partial charge on any atom is 0.471 e. The molecule has 2 rings (SSSR count). The van der Waals surface area contributed by atoms with Gasteiger partial charge >= 0.3 is 18.1 Å². The zero-order valence-corrected chi connectivity index (χ0v) is 10.3. The molecule has 1 aromatic rings. The largest absolute Gasteiger partial charge is 0.480 e. The van der Waals surface area contributed by atoms with Gasteiger partial charge in [0.25, 0.3) is 0 Å². The van der Waals surface area contributed by atoms with Crippen LogP contribution in [0.4, 0.5) is 13.2 Å². The number of hydrogen-bond acceptors (Lipinski definition) is 2. The molecule has 108 valence electrons. The Kier molecular flexibility index (Phi) is 3.45. The van der Waals surface area contributed by atoms with E-state index in [2.05, 4.69) is 0 Å². The van der Waals surface area contributed by atoms with Crippen molar-refractivity contribution in [1.29, 1.82) is 0 Å². The van der Waals surface area contributed by atoms with E-state index in [1.54, 1.807) is 35.6 Å². The van der Waals surface area contributed by atoms with Gasteiger partial charge in [-0.15, -0.1) is 0 Å². The molecule has 0 unspecified atom stereocenters. The molecule has 1 aliphatic rings. The molecule has 2 N–H and O–H groups in total. The van der Waals surface area contributed by atoms with Crippen LogP contribution in [0.1, 0.15) is 24.3 Å². The Labute approximate surface area is 112 Å². The molecule has 0 radical (unpaired) electrons. The number of carboxylic acid groups (broad SMARTS) is 1. The first kappa shape index (κ1) is 14.4. The Bertz CT molecular complexity index is 521. The van der Waals surface area contributed by atoms with E-state index in [1.807, 2.05) is 0 Å². The first-order valence-electron chi connectivity index (χ1n) is 5.92. The van der Waals surface area contributed by atoms with E-state index in [0.717, 1.165) is 5.56 Å². The van der Waals surface area contributed by atoms with Gasteiger partial charge in [-0.1, -0.05) is 30.3 Å². The zero-order valence-electron chi connectivity index (χ0n) is 10.3. The fourth-order valence-electron chi connectivity index (χ4n) is 2.36. The van der Waals surface area contributed by atoms with Gasteiger partial charge in [-0.2, -0.15) is 13.2 Å². The average molecular weight is 287 g/mol. The van der Waals surface area contributed by atoms with Crippen LogP contribution in [0.3, 0.4) is 0 Å². The standard InChI is InChI=1S/C13H12F3NO3/c14-13(15,16)10(18)17-12(11(19)20)6-9(7-12)8-4-2-1-3-5-8/h1-5,9H,6-7H2,(H,17,18)(H,19,20). The van der Waals surface area contributed by atoms with Gasteiger partial charge in [0.15, 0.2) is 0 Å². The minimum atomic E-state index is -5.08. The molecular weight excluding hydrogens is 275 g/mol. The van der Waals surface area contributed by atoms with Crippen molar-refractivity contribution in [3.8, 4) is 0 Å². The van der Waals surface area contributed by atoms with Crippen LogP contribution in [0.25, 0.3) is 0 Å². The van der Waals surface area contributed by atoms with Crippen molar-refractivity contribution in [2.45, 2.75) is 30.5 Å². The van der Waals surface area contributed by atoms with E-state index in [9.17, 15) is 22.8 Å². The molecule has 0 aliphatic heterocycles. The van der Waals surface area contributed by atoms with Crippen LogP contribution >= 0.6 is 0 Å². The molecule has 1 aliphatic carbocycles. The molecule has 0 heterocycles. The molecule has 20 heavy (non-hydrogen) atoms. The minimum absolute atomic E-state index is 0.0475. The molecule has 0 saturated heterocycles. The molecular formula is C13H12F3NO3. The third-order valence-corrected chi connectivity index (χ3v) is 3.48. The number of hydrogen-bond donors (Lipinski definition) is 2. The number of halogens is 3. The van der Waals surface area contributed by atoms with Gasteiger partial charge in [0.2, 0.25) is 0 Å². The second-order valence-electron chi connectivity index (χ2n) is 4.85. The smallest absolute Gasteiger partial charge is 0.471 e. The summed E-state index contributed by atoms with van der Waals surface area (Å²) >= 11 is 0. The van der Waals surface area contributed by atoms with Gasteiger partial charge in [-0.3, -0.25) is 4.79 Å². The molecule has 7 heteroatoms. The Hall–Kier alpha value is -2.05. The molecule has 0 atom stereocenters. The molecule has 1 fully saturated rings. The van der Waals surface area contributed by atoms with Gasteiger partial charge in [-0.25, -0.2) is 4.79 Å². The molecule has 0 bridgehead atoms. The Morgan fingerprint density at radius 2 is 1.75 bits per heavy atom. The fraction of sp³-hybridized carbons (Fsp3) is 0.385. The number of carbonyl (C=O) groups is 2. The van der Waals surface area contributed by atoms with E-state index >= 15 is 0 Å². The summed E-state index contributed by atoms with van der Waals surface area (Å²) < 4.78 is 36.7. The lowest BCUT2D eigenvalue weighted by molar-refractivity contribution is -0.180. The summed E-state index contributed by atoms with van der Waals surface area (Å²) in [5, 5.41) is 10.7. The molecule has 1 amide bonds. The summed E-state index contributed by atoms with van der Waals surface area (Å²) in [7, 11) is 0. The first-order valence-corrected chi connectivity index (χ1v) is 5.92. The Morgan fingerprint density at radius 1 is 1.20 bits per heavy atom. The number of amides is 1. The summed E-state index contributed by atoms with van der Waals surface area (Å²) in [5.41, 5.74) is -0.974. The highest BCUT2D eigenvalue weighted by molar-refractivity contribution is 5.90. The van der Waals surface area contributed by atoms with E-state index in [0.29, 0.717) is 0 Å². The van der Waals surface area contributed by atoms with Gasteiger partial charge < -0.3 is 10.4 Å². The summed E-state index contributed by atoms with van der Waals surface area (Å²) in [5.74, 6) is -3.82. The Morgan fingerprint density at radius 3 is 2.20 bits per heavy atom. The highest BCUT2D eigenvalue weighted by Gasteiger charge is 2.55. The number of nitrogens with one attached hydrogen (secondary N) is 1. The predicted molar refractivity (Wildman–Crippen MR) is 63.0 cm³/mol. The van der Waals surface area contributed by atoms with Gasteiger partial charge in [-0.05, 0) is 24.3 Å². The van der Waals surface area contributed by atoms with Crippen LogP contribution in [-0.2, 0) is 9.59 Å². The fourth-order valence-corrected chi connectivity index (χ4v) is 2.36. The van der Waals surface area contributed by atoms with E-state index < -0.39 is 23.6 Å². The number of rotatable bonds is 3. The van der Waals surface area contributed by atoms with Gasteiger partial charge in [0.1, 0.15) is 5.54 Å². The third-order valence-electron chi connectivity index (χ3n) is 3.48. The lowest BCUT2D eigenvalue weighted by atomic mass is 9.65. The second kappa shape index (κ2) is 4.81. The highest BCUT2D eigenvalue weighted by Crippen LogP contribution is 2.45.